The van der Waals surface area contributed by atoms with Crippen molar-refractivity contribution in [3.63, 3.8) is 0 Å². The number of sulfonamides is 2. The lowest BCUT2D eigenvalue weighted by Crippen LogP contribution is -2.49. The second kappa shape index (κ2) is 17.1. The third-order valence-corrected chi connectivity index (χ3v) is 10.2. The van der Waals surface area contributed by atoms with Crippen LogP contribution in [0.2, 0.25) is 0 Å². The van der Waals surface area contributed by atoms with E-state index in [-0.39, 0.29) is 75.6 Å². The van der Waals surface area contributed by atoms with Gasteiger partial charge in [0.05, 0.1) is 61.5 Å². The number of benzene rings is 2. The normalized spacial score (nSPS) is 18.0. The zero-order chi connectivity index (χ0) is 33.0. The summed E-state index contributed by atoms with van der Waals surface area (Å²) in [4.78, 5) is 29.6. The number of hydrogen-bond donors (Lipinski definition) is 2. The van der Waals surface area contributed by atoms with Gasteiger partial charge in [0.2, 0.25) is 31.9 Å². The molecule has 15 heteroatoms. The Morgan fingerprint density at radius 2 is 0.867 bits per heavy atom. The number of carbonyl (C=O) groups is 2. The highest BCUT2D eigenvalue weighted by Crippen LogP contribution is 2.13. The number of nitrogens with zero attached hydrogens (tertiary/aromatic N) is 2. The Bertz CT molecular complexity index is 1360. The van der Waals surface area contributed by atoms with E-state index in [1.54, 1.807) is 24.3 Å². The van der Waals surface area contributed by atoms with Crippen molar-refractivity contribution in [1.29, 1.82) is 0 Å². The van der Waals surface area contributed by atoms with Gasteiger partial charge in [0.25, 0.3) is 0 Å². The summed E-state index contributed by atoms with van der Waals surface area (Å²) < 4.78 is 73.2. The van der Waals surface area contributed by atoms with Crippen molar-refractivity contribution in [3.05, 3.63) is 59.7 Å². The van der Waals surface area contributed by atoms with E-state index >= 15 is 0 Å². The Balaban J connectivity index is 1.59. The maximum atomic E-state index is 13.3. The van der Waals surface area contributed by atoms with E-state index in [1.165, 1.54) is 47.9 Å². The predicted octanol–water partition coefficient (Wildman–Crippen LogP) is 1.06. The molecule has 250 valence electrons. The molecule has 1 heterocycles. The highest BCUT2D eigenvalue weighted by Gasteiger charge is 2.27. The van der Waals surface area contributed by atoms with Gasteiger partial charge >= 0.3 is 0 Å². The van der Waals surface area contributed by atoms with Crippen LogP contribution in [0.5, 0.6) is 0 Å². The molecule has 2 atom stereocenters. The Morgan fingerprint density at radius 3 is 1.18 bits per heavy atom. The highest BCUT2D eigenvalue weighted by molar-refractivity contribution is 7.89. The molecule has 45 heavy (non-hydrogen) atoms. The summed E-state index contributed by atoms with van der Waals surface area (Å²) in [5.74, 6) is -0.880. The van der Waals surface area contributed by atoms with Crippen molar-refractivity contribution < 1.29 is 40.6 Å². The first-order valence-electron chi connectivity index (χ1n) is 14.8. The number of ether oxygens (including phenoxy) is 3. The van der Waals surface area contributed by atoms with E-state index in [2.05, 4.69) is 9.44 Å². The van der Waals surface area contributed by atoms with Crippen molar-refractivity contribution in [1.82, 2.24) is 19.2 Å². The Labute approximate surface area is 266 Å². The number of rotatable bonds is 8. The molecule has 1 aliphatic rings. The highest BCUT2D eigenvalue weighted by atomic mass is 32.2. The minimum absolute atomic E-state index is 0.0628. The smallest absolute Gasteiger partial charge is 0.241 e. The first kappa shape index (κ1) is 36.5. The third-order valence-electron chi connectivity index (χ3n) is 7.08. The number of aryl methyl sites for hydroxylation is 2. The molecule has 1 aliphatic heterocycles. The summed E-state index contributed by atoms with van der Waals surface area (Å²) in [7, 11) is -7.84. The standard InChI is InChI=1S/C30H44N4O9S2/c1-23-5-9-27(10-6-23)44(37,38)31-25(3)29(35)33-13-17-41-18-14-34(16-20-43-22-21-42-19-15-33)30(36)26(4)32-45(39,40)28-11-7-24(2)8-12-28/h5-12,25-26,31-32H,13-22H2,1-4H3/t25-,26+. The van der Waals surface area contributed by atoms with Crippen LogP contribution < -0.4 is 9.44 Å². The lowest BCUT2D eigenvalue weighted by atomic mass is 10.2. The molecule has 2 aromatic carbocycles. The maximum Gasteiger partial charge on any atom is 0.241 e. The van der Waals surface area contributed by atoms with Crippen LogP contribution in [0, 0.1) is 13.8 Å². The van der Waals surface area contributed by atoms with Crippen molar-refractivity contribution >= 4 is 31.9 Å². The molecular weight excluding hydrogens is 624 g/mol. The van der Waals surface area contributed by atoms with Gasteiger partial charge in [0.1, 0.15) is 0 Å². The van der Waals surface area contributed by atoms with E-state index in [9.17, 15) is 26.4 Å². The van der Waals surface area contributed by atoms with Crippen LogP contribution in [0.4, 0.5) is 0 Å². The Morgan fingerprint density at radius 1 is 0.578 bits per heavy atom. The molecule has 1 saturated heterocycles. The van der Waals surface area contributed by atoms with Gasteiger partial charge in [-0.3, -0.25) is 9.59 Å². The number of carbonyl (C=O) groups excluding carboxylic acids is 2. The number of amides is 2. The zero-order valence-electron chi connectivity index (χ0n) is 26.2. The molecule has 0 unspecified atom stereocenters. The van der Waals surface area contributed by atoms with Crippen LogP contribution in [0.25, 0.3) is 0 Å². The van der Waals surface area contributed by atoms with Gasteiger partial charge in [-0.25, -0.2) is 16.8 Å². The molecule has 13 nitrogen and oxygen atoms in total. The van der Waals surface area contributed by atoms with E-state index in [4.69, 9.17) is 14.2 Å². The second-order valence-electron chi connectivity index (χ2n) is 10.8. The molecule has 0 aromatic heterocycles. The summed E-state index contributed by atoms with van der Waals surface area (Å²) in [6.45, 7) is 8.55. The molecule has 0 bridgehead atoms. The summed E-state index contributed by atoms with van der Waals surface area (Å²) in [6.07, 6.45) is 0. The number of nitrogens with one attached hydrogen (secondary N) is 2. The second-order valence-corrected chi connectivity index (χ2v) is 14.2. The minimum Gasteiger partial charge on any atom is -0.378 e. The summed E-state index contributed by atoms with van der Waals surface area (Å²) >= 11 is 0. The molecule has 0 aliphatic carbocycles. The van der Waals surface area contributed by atoms with Crippen LogP contribution in [-0.2, 0) is 43.8 Å². The van der Waals surface area contributed by atoms with Gasteiger partial charge in [0, 0.05) is 26.2 Å². The molecule has 0 spiro atoms. The van der Waals surface area contributed by atoms with Crippen LogP contribution in [0.15, 0.2) is 58.3 Å². The van der Waals surface area contributed by atoms with E-state index < -0.39 is 43.9 Å². The van der Waals surface area contributed by atoms with Gasteiger partial charge in [-0.1, -0.05) is 35.4 Å². The van der Waals surface area contributed by atoms with Gasteiger partial charge in [-0.2, -0.15) is 9.44 Å². The van der Waals surface area contributed by atoms with Crippen molar-refractivity contribution in [3.8, 4) is 0 Å². The average Bonchev–Trinajstić information content (AvgIpc) is 3.00. The van der Waals surface area contributed by atoms with Crippen LogP contribution in [0.1, 0.15) is 25.0 Å². The van der Waals surface area contributed by atoms with Crippen LogP contribution in [0.3, 0.4) is 0 Å². The third kappa shape index (κ3) is 11.4. The van der Waals surface area contributed by atoms with Gasteiger partial charge in [-0.05, 0) is 52.0 Å². The molecule has 2 amide bonds. The lowest BCUT2D eigenvalue weighted by Gasteiger charge is -2.27. The topological polar surface area (TPSA) is 161 Å². The first-order valence-corrected chi connectivity index (χ1v) is 17.8. The summed E-state index contributed by atoms with van der Waals surface area (Å²) in [5, 5.41) is 0. The molecule has 1 fully saturated rings. The fourth-order valence-corrected chi connectivity index (χ4v) is 6.87. The van der Waals surface area contributed by atoms with Gasteiger partial charge in [-0.15, -0.1) is 0 Å². The van der Waals surface area contributed by atoms with Crippen LogP contribution >= 0.6 is 0 Å². The van der Waals surface area contributed by atoms with E-state index in [0.29, 0.717) is 0 Å². The summed E-state index contributed by atoms with van der Waals surface area (Å²) in [6, 6.07) is 10.6. The van der Waals surface area contributed by atoms with Crippen molar-refractivity contribution in [2.75, 3.05) is 65.8 Å². The fraction of sp³-hybridized carbons (Fsp3) is 0.533. The SMILES string of the molecule is Cc1ccc(S(=O)(=O)N[C@@H](C)C(=O)N2CCOCCOCCN(C(=O)[C@@H](C)NS(=O)(=O)c3ccc(C)cc3)CCOCC2)cc1. The largest absolute Gasteiger partial charge is 0.378 e. The molecule has 2 aromatic rings. The molecular formula is C30H44N4O9S2. The van der Waals surface area contributed by atoms with E-state index in [0.717, 1.165) is 11.1 Å². The van der Waals surface area contributed by atoms with E-state index in [1.807, 2.05) is 13.8 Å². The Kier molecular flexibility index (Phi) is 13.9. The maximum absolute atomic E-state index is 13.3. The van der Waals surface area contributed by atoms with Crippen molar-refractivity contribution in [2.45, 2.75) is 49.6 Å². The molecule has 2 N–H and O–H groups in total. The molecule has 0 saturated carbocycles. The van der Waals surface area contributed by atoms with Crippen molar-refractivity contribution in [2.24, 2.45) is 0 Å². The Hall–Kier alpha value is -2.92. The fourth-order valence-electron chi connectivity index (χ4n) is 4.47. The quantitative estimate of drug-likeness (QED) is 0.419. The molecule has 0 radical (unpaired) electrons. The zero-order valence-corrected chi connectivity index (χ0v) is 27.9. The number of hydrogen-bond acceptors (Lipinski definition) is 9. The monoisotopic (exact) mass is 668 g/mol. The molecule has 3 rings (SSSR count). The average molecular weight is 669 g/mol. The van der Waals surface area contributed by atoms with Gasteiger partial charge < -0.3 is 24.0 Å². The van der Waals surface area contributed by atoms with Gasteiger partial charge in [0.15, 0.2) is 0 Å². The summed E-state index contributed by atoms with van der Waals surface area (Å²) in [5.41, 5.74) is 1.82. The van der Waals surface area contributed by atoms with Crippen LogP contribution in [-0.4, -0.2) is 116 Å². The predicted molar refractivity (Wildman–Crippen MR) is 168 cm³/mol. The first-order chi connectivity index (χ1) is 21.3. The lowest BCUT2D eigenvalue weighted by molar-refractivity contribution is -0.134. The minimum atomic E-state index is -3.92.